The molecule has 1 aliphatic rings. The maximum absolute atomic E-state index is 6.49. The van der Waals surface area contributed by atoms with Crippen molar-refractivity contribution < 1.29 is 4.42 Å². The predicted molar refractivity (Wildman–Crippen MR) is 290 cm³/mol. The van der Waals surface area contributed by atoms with Gasteiger partial charge < -0.3 is 19.1 Å². The Bertz CT molecular complexity index is 3930. The number of furan rings is 1. The fourth-order valence-corrected chi connectivity index (χ4v) is 11.5. The van der Waals surface area contributed by atoms with Crippen LogP contribution in [0.5, 0.6) is 0 Å². The molecule has 0 N–H and O–H groups in total. The van der Waals surface area contributed by atoms with Crippen molar-refractivity contribution in [3.63, 3.8) is 0 Å². The van der Waals surface area contributed by atoms with Crippen molar-refractivity contribution in [1.82, 2.24) is 0 Å². The Balaban J connectivity index is 0.943. The van der Waals surface area contributed by atoms with E-state index in [2.05, 4.69) is 252 Å². The lowest BCUT2D eigenvalue weighted by Crippen LogP contribution is -2.27. The maximum Gasteiger partial charge on any atom is 0.137 e. The average Bonchev–Trinajstić information content (AvgIpc) is 3.95. The van der Waals surface area contributed by atoms with Gasteiger partial charge in [-0.2, -0.15) is 0 Å². The molecule has 1 unspecified atom stereocenters. The summed E-state index contributed by atoms with van der Waals surface area (Å²) in [4.78, 5) is 7.32. The number of rotatable bonds is 9. The normalized spacial score (nSPS) is 13.9. The number of thiophene rings is 1. The maximum atomic E-state index is 6.49. The number of fused-ring (bicyclic) bond motifs is 8. The van der Waals surface area contributed by atoms with Crippen LogP contribution in [-0.2, 0) is 0 Å². The van der Waals surface area contributed by atoms with Gasteiger partial charge in [-0.15, -0.1) is 11.3 Å². The smallest absolute Gasteiger partial charge is 0.137 e. The molecule has 10 aromatic carbocycles. The summed E-state index contributed by atoms with van der Waals surface area (Å²) in [6.45, 7) is 2.37. The van der Waals surface area contributed by atoms with Gasteiger partial charge in [0.2, 0.25) is 0 Å². The molecule has 0 saturated heterocycles. The minimum atomic E-state index is 0.165. The molecule has 2 aromatic heterocycles. The van der Waals surface area contributed by atoms with Crippen LogP contribution in [0.3, 0.4) is 0 Å². The molecule has 5 heteroatoms. The molecule has 0 aliphatic heterocycles. The quantitative estimate of drug-likeness (QED) is 0.144. The first-order valence-electron chi connectivity index (χ1n) is 23.4. The zero-order valence-electron chi connectivity index (χ0n) is 37.5. The third kappa shape index (κ3) is 6.82. The minimum absolute atomic E-state index is 0.165. The predicted octanol–water partition coefficient (Wildman–Crippen LogP) is 18.5. The summed E-state index contributed by atoms with van der Waals surface area (Å²) in [5.74, 6) is 0.165. The molecule has 1 aliphatic carbocycles. The Hall–Kier alpha value is -8.38. The van der Waals surface area contributed by atoms with E-state index in [1.165, 1.54) is 53.1 Å². The molecule has 2 heterocycles. The van der Waals surface area contributed by atoms with E-state index >= 15 is 0 Å². The standard InChI is InChI=1S/C63H45N3OS/c1-42-38-47(31-35-57(42)66(59-28-15-19-44-17-9-11-25-52(44)59)50-30-34-54-53-26-12-13-29-60(53)67-61(54)41-50)64(45-20-4-2-5-21-45)48-32-36-62-55(39-48)56-40-49(33-37-63(56)68-62)65(46-22-6-3-7-23-46)58-27-14-18-43-16-8-10-24-51(43)58/h2-37,39-42H,38H2,1H3. The van der Waals surface area contributed by atoms with Gasteiger partial charge >= 0.3 is 0 Å². The highest BCUT2D eigenvalue weighted by atomic mass is 32.1. The molecule has 0 saturated carbocycles. The number of hydrogen-bond donors (Lipinski definition) is 0. The van der Waals surface area contributed by atoms with Crippen molar-refractivity contribution in [2.24, 2.45) is 5.92 Å². The van der Waals surface area contributed by atoms with Crippen LogP contribution in [0.4, 0.5) is 39.8 Å². The van der Waals surface area contributed by atoms with Gasteiger partial charge in [-0.25, -0.2) is 0 Å². The molecule has 1 atom stereocenters. The number of allylic oxidation sites excluding steroid dienone is 4. The summed E-state index contributed by atoms with van der Waals surface area (Å²) < 4.78 is 9.02. The topological polar surface area (TPSA) is 22.9 Å². The van der Waals surface area contributed by atoms with Crippen molar-refractivity contribution >= 4 is 115 Å². The van der Waals surface area contributed by atoms with Crippen LogP contribution in [-0.4, -0.2) is 0 Å². The lowest BCUT2D eigenvalue weighted by atomic mass is 9.92. The van der Waals surface area contributed by atoms with E-state index in [-0.39, 0.29) is 5.92 Å². The molecule has 13 rings (SSSR count). The van der Waals surface area contributed by atoms with Gasteiger partial charge in [0.15, 0.2) is 0 Å². The summed E-state index contributed by atoms with van der Waals surface area (Å²) in [7, 11) is 0. The summed E-state index contributed by atoms with van der Waals surface area (Å²) in [5.41, 5.74) is 12.2. The van der Waals surface area contributed by atoms with E-state index in [9.17, 15) is 0 Å². The Morgan fingerprint density at radius 1 is 0.382 bits per heavy atom. The van der Waals surface area contributed by atoms with Crippen molar-refractivity contribution in [2.75, 3.05) is 14.7 Å². The molecule has 0 fully saturated rings. The van der Waals surface area contributed by atoms with E-state index in [1.807, 2.05) is 17.4 Å². The molecular weight excluding hydrogens is 847 g/mol. The number of benzene rings is 10. The van der Waals surface area contributed by atoms with Gasteiger partial charge in [-0.05, 0) is 120 Å². The number of hydrogen-bond acceptors (Lipinski definition) is 5. The lowest BCUT2D eigenvalue weighted by molar-refractivity contribution is 0.640. The van der Waals surface area contributed by atoms with E-state index in [4.69, 9.17) is 4.42 Å². The summed E-state index contributed by atoms with van der Waals surface area (Å²) >= 11 is 1.86. The largest absolute Gasteiger partial charge is 0.456 e. The van der Waals surface area contributed by atoms with Gasteiger partial charge in [-0.3, -0.25) is 0 Å². The van der Waals surface area contributed by atoms with Crippen molar-refractivity contribution in [2.45, 2.75) is 13.3 Å². The second-order valence-corrected chi connectivity index (χ2v) is 18.9. The van der Waals surface area contributed by atoms with Gasteiger partial charge in [0.1, 0.15) is 11.2 Å². The first-order valence-corrected chi connectivity index (χ1v) is 24.2. The van der Waals surface area contributed by atoms with E-state index in [1.54, 1.807) is 0 Å². The first kappa shape index (κ1) is 39.9. The van der Waals surface area contributed by atoms with Gasteiger partial charge in [0.25, 0.3) is 0 Å². The van der Waals surface area contributed by atoms with E-state index in [0.29, 0.717) is 0 Å². The van der Waals surface area contributed by atoms with Crippen LogP contribution in [0.25, 0.3) is 63.7 Å². The summed E-state index contributed by atoms with van der Waals surface area (Å²) in [5, 5.41) is 9.61. The zero-order valence-corrected chi connectivity index (χ0v) is 38.3. The monoisotopic (exact) mass is 891 g/mol. The van der Waals surface area contributed by atoms with Crippen molar-refractivity contribution in [1.29, 1.82) is 0 Å². The average molecular weight is 892 g/mol. The number of para-hydroxylation sites is 3. The lowest BCUT2D eigenvalue weighted by Gasteiger charge is -2.37. The number of anilines is 7. The third-order valence-electron chi connectivity index (χ3n) is 13.6. The van der Waals surface area contributed by atoms with Crippen LogP contribution in [0, 0.1) is 5.92 Å². The molecule has 0 spiro atoms. The SMILES string of the molecule is CC1CC(N(c2ccccc2)c2ccc3sc4ccc(N(c5ccccc5)c5cccc6ccccc56)cc4c3c2)=CC=C1N(c1ccc2c(c1)oc1ccccc12)c1cccc2ccccc12. The highest BCUT2D eigenvalue weighted by molar-refractivity contribution is 7.25. The van der Waals surface area contributed by atoms with Crippen molar-refractivity contribution in [3.8, 4) is 0 Å². The molecule has 0 bridgehead atoms. The van der Waals surface area contributed by atoms with Crippen LogP contribution in [0.1, 0.15) is 13.3 Å². The van der Waals surface area contributed by atoms with Crippen molar-refractivity contribution in [3.05, 3.63) is 248 Å². The number of nitrogens with zero attached hydrogens (tertiary/aromatic N) is 3. The van der Waals surface area contributed by atoms with Crippen LogP contribution < -0.4 is 14.7 Å². The van der Waals surface area contributed by atoms with Gasteiger partial charge in [0, 0.05) is 93.5 Å². The van der Waals surface area contributed by atoms with Gasteiger partial charge in [-0.1, -0.05) is 134 Å². The molecular formula is C63H45N3OS. The first-order chi connectivity index (χ1) is 33.6. The minimum Gasteiger partial charge on any atom is -0.456 e. The van der Waals surface area contributed by atoms with E-state index in [0.717, 1.165) is 68.2 Å². The molecule has 68 heavy (non-hydrogen) atoms. The Morgan fingerprint density at radius 2 is 0.882 bits per heavy atom. The highest BCUT2D eigenvalue weighted by Crippen LogP contribution is 2.47. The summed E-state index contributed by atoms with van der Waals surface area (Å²) in [6, 6.07) is 81.1. The Kier molecular flexibility index (Phi) is 9.69. The second-order valence-electron chi connectivity index (χ2n) is 17.8. The Labute approximate surface area is 399 Å². The molecule has 324 valence electrons. The Morgan fingerprint density at radius 3 is 1.53 bits per heavy atom. The highest BCUT2D eigenvalue weighted by Gasteiger charge is 2.28. The molecule has 4 nitrogen and oxygen atoms in total. The summed E-state index contributed by atoms with van der Waals surface area (Å²) in [6.07, 6.45) is 5.52. The van der Waals surface area contributed by atoms with E-state index < -0.39 is 0 Å². The van der Waals surface area contributed by atoms with Crippen LogP contribution in [0.15, 0.2) is 252 Å². The fraction of sp³-hybridized carbons (Fsp3) is 0.0476. The van der Waals surface area contributed by atoms with Crippen LogP contribution in [0.2, 0.25) is 0 Å². The second kappa shape index (κ2) is 16.5. The van der Waals surface area contributed by atoms with Gasteiger partial charge in [0.05, 0.1) is 11.4 Å². The third-order valence-corrected chi connectivity index (χ3v) is 14.8. The fourth-order valence-electron chi connectivity index (χ4n) is 10.5. The molecule has 0 amide bonds. The van der Waals surface area contributed by atoms with Crippen LogP contribution >= 0.6 is 11.3 Å². The molecule has 12 aromatic rings. The zero-order chi connectivity index (χ0) is 45.1. The molecule has 0 radical (unpaired) electrons.